The predicted molar refractivity (Wildman–Crippen MR) is 79.6 cm³/mol. The molecule has 2 nitrogen and oxygen atoms in total. The van der Waals surface area contributed by atoms with Crippen molar-refractivity contribution in [3.8, 4) is 0 Å². The Kier molecular flexibility index (Phi) is 6.00. The Morgan fingerprint density at radius 2 is 2.06 bits per heavy atom. The van der Waals surface area contributed by atoms with Crippen molar-refractivity contribution in [3.05, 3.63) is 28.2 Å². The smallest absolute Gasteiger partial charge is 0.0397 e. The van der Waals surface area contributed by atoms with Crippen LogP contribution in [0.15, 0.2) is 22.7 Å². The summed E-state index contributed by atoms with van der Waals surface area (Å²) < 4.78 is 1.13. The van der Waals surface area contributed by atoms with Crippen molar-refractivity contribution in [2.75, 3.05) is 25.0 Å². The van der Waals surface area contributed by atoms with Gasteiger partial charge in [0.05, 0.1) is 0 Å². The molecule has 96 valence electrons. The van der Waals surface area contributed by atoms with Crippen molar-refractivity contribution < 1.29 is 0 Å². The highest BCUT2D eigenvalue weighted by molar-refractivity contribution is 9.10. The first-order valence-corrected chi connectivity index (χ1v) is 7.03. The molecule has 1 aromatic carbocycles. The van der Waals surface area contributed by atoms with Gasteiger partial charge in [-0.3, -0.25) is 0 Å². The molecule has 0 saturated heterocycles. The Hall–Kier alpha value is -0.540. The van der Waals surface area contributed by atoms with Gasteiger partial charge in [-0.05, 0) is 49.1 Å². The van der Waals surface area contributed by atoms with E-state index in [1.54, 1.807) is 0 Å². The Balaban J connectivity index is 2.80. The summed E-state index contributed by atoms with van der Waals surface area (Å²) in [6.45, 7) is 6.31. The monoisotopic (exact) mass is 298 g/mol. The molecule has 0 heterocycles. The molecule has 1 rings (SSSR count). The van der Waals surface area contributed by atoms with Crippen molar-refractivity contribution in [2.45, 2.75) is 26.7 Å². The molecular weight excluding hydrogens is 276 g/mol. The second kappa shape index (κ2) is 7.02. The number of hydrogen-bond acceptors (Lipinski definition) is 2. The number of hydrogen-bond donors (Lipinski definition) is 1. The average molecular weight is 299 g/mol. The van der Waals surface area contributed by atoms with Crippen molar-refractivity contribution in [3.63, 3.8) is 0 Å². The van der Waals surface area contributed by atoms with Crippen LogP contribution >= 0.6 is 15.9 Å². The standard InChI is InChI=1S/C14H23BrN2/c1-11(2)7-9-17(3)14-5-4-13(15)10-12(14)6-8-16/h4-5,10-11H,6-9,16H2,1-3H3. The summed E-state index contributed by atoms with van der Waals surface area (Å²) in [5, 5.41) is 0. The minimum atomic E-state index is 0.696. The van der Waals surface area contributed by atoms with Gasteiger partial charge in [0, 0.05) is 23.8 Å². The molecule has 0 aliphatic heterocycles. The summed E-state index contributed by atoms with van der Waals surface area (Å²) in [6.07, 6.45) is 2.15. The third kappa shape index (κ3) is 4.68. The molecule has 0 unspecified atom stereocenters. The van der Waals surface area contributed by atoms with Crippen LogP contribution in [0.1, 0.15) is 25.8 Å². The highest BCUT2D eigenvalue weighted by Gasteiger charge is 2.08. The van der Waals surface area contributed by atoms with E-state index in [0.29, 0.717) is 6.54 Å². The Bertz CT molecular complexity index is 350. The van der Waals surface area contributed by atoms with E-state index in [2.05, 4.69) is 59.9 Å². The fourth-order valence-corrected chi connectivity index (χ4v) is 2.26. The first-order chi connectivity index (χ1) is 8.04. The van der Waals surface area contributed by atoms with E-state index in [1.807, 2.05) is 0 Å². The van der Waals surface area contributed by atoms with Gasteiger partial charge >= 0.3 is 0 Å². The van der Waals surface area contributed by atoms with Crippen LogP contribution in [0.2, 0.25) is 0 Å². The highest BCUT2D eigenvalue weighted by Crippen LogP contribution is 2.24. The third-order valence-corrected chi connectivity index (χ3v) is 3.40. The second-order valence-corrected chi connectivity index (χ2v) is 5.83. The quantitative estimate of drug-likeness (QED) is 0.872. The average Bonchev–Trinajstić information content (AvgIpc) is 2.26. The lowest BCUT2D eigenvalue weighted by Crippen LogP contribution is -2.21. The fourth-order valence-electron chi connectivity index (χ4n) is 1.85. The molecule has 0 atom stereocenters. The van der Waals surface area contributed by atoms with Gasteiger partial charge in [0.15, 0.2) is 0 Å². The maximum Gasteiger partial charge on any atom is 0.0397 e. The zero-order chi connectivity index (χ0) is 12.8. The van der Waals surface area contributed by atoms with Crippen LogP contribution in [0.3, 0.4) is 0 Å². The van der Waals surface area contributed by atoms with E-state index in [0.717, 1.165) is 23.4 Å². The number of nitrogens with zero attached hydrogens (tertiary/aromatic N) is 1. The molecule has 17 heavy (non-hydrogen) atoms. The second-order valence-electron chi connectivity index (χ2n) is 4.92. The maximum atomic E-state index is 5.67. The lowest BCUT2D eigenvalue weighted by Gasteiger charge is -2.23. The number of rotatable bonds is 6. The van der Waals surface area contributed by atoms with Crippen molar-refractivity contribution in [2.24, 2.45) is 11.7 Å². The molecule has 0 radical (unpaired) electrons. The van der Waals surface area contributed by atoms with Crippen molar-refractivity contribution >= 4 is 21.6 Å². The number of anilines is 1. The molecule has 0 spiro atoms. The maximum absolute atomic E-state index is 5.67. The lowest BCUT2D eigenvalue weighted by molar-refractivity contribution is 0.584. The van der Waals surface area contributed by atoms with Crippen LogP contribution < -0.4 is 10.6 Å². The van der Waals surface area contributed by atoms with E-state index < -0.39 is 0 Å². The van der Waals surface area contributed by atoms with Gasteiger partial charge in [0.25, 0.3) is 0 Å². The van der Waals surface area contributed by atoms with Gasteiger partial charge in [0.2, 0.25) is 0 Å². The first-order valence-electron chi connectivity index (χ1n) is 6.24. The van der Waals surface area contributed by atoms with Gasteiger partial charge in [-0.2, -0.15) is 0 Å². The molecule has 1 aromatic rings. The van der Waals surface area contributed by atoms with Crippen LogP contribution in [0.5, 0.6) is 0 Å². The minimum Gasteiger partial charge on any atom is -0.374 e. The largest absolute Gasteiger partial charge is 0.374 e. The van der Waals surface area contributed by atoms with Crippen molar-refractivity contribution in [1.82, 2.24) is 0 Å². The number of benzene rings is 1. The zero-order valence-electron chi connectivity index (χ0n) is 11.0. The molecule has 0 amide bonds. The third-order valence-electron chi connectivity index (χ3n) is 2.91. The Morgan fingerprint density at radius 3 is 2.65 bits per heavy atom. The number of halogens is 1. The summed E-state index contributed by atoms with van der Waals surface area (Å²) >= 11 is 3.52. The van der Waals surface area contributed by atoms with E-state index in [9.17, 15) is 0 Å². The van der Waals surface area contributed by atoms with Crippen LogP contribution in [-0.4, -0.2) is 20.1 Å². The topological polar surface area (TPSA) is 29.3 Å². The van der Waals surface area contributed by atoms with Crippen LogP contribution in [0.4, 0.5) is 5.69 Å². The Labute approximate surface area is 113 Å². The fraction of sp³-hybridized carbons (Fsp3) is 0.571. The van der Waals surface area contributed by atoms with E-state index in [4.69, 9.17) is 5.73 Å². The molecule has 2 N–H and O–H groups in total. The van der Waals surface area contributed by atoms with Crippen LogP contribution in [-0.2, 0) is 6.42 Å². The summed E-state index contributed by atoms with van der Waals surface area (Å²) in [4.78, 5) is 2.33. The van der Waals surface area contributed by atoms with Gasteiger partial charge in [-0.1, -0.05) is 29.8 Å². The van der Waals surface area contributed by atoms with Gasteiger partial charge in [0.1, 0.15) is 0 Å². The van der Waals surface area contributed by atoms with E-state index >= 15 is 0 Å². The number of nitrogens with two attached hydrogens (primary N) is 1. The summed E-state index contributed by atoms with van der Waals surface area (Å²) in [6, 6.07) is 6.45. The SMILES string of the molecule is CC(C)CCN(C)c1ccc(Br)cc1CCN. The minimum absolute atomic E-state index is 0.696. The molecule has 0 aromatic heterocycles. The van der Waals surface area contributed by atoms with E-state index in [1.165, 1.54) is 17.7 Å². The predicted octanol–water partition coefficient (Wildman–Crippen LogP) is 3.43. The van der Waals surface area contributed by atoms with Gasteiger partial charge < -0.3 is 10.6 Å². The Morgan fingerprint density at radius 1 is 1.35 bits per heavy atom. The summed E-state index contributed by atoms with van der Waals surface area (Å²) in [7, 11) is 2.16. The van der Waals surface area contributed by atoms with Crippen molar-refractivity contribution in [1.29, 1.82) is 0 Å². The summed E-state index contributed by atoms with van der Waals surface area (Å²) in [5.41, 5.74) is 8.30. The van der Waals surface area contributed by atoms with Gasteiger partial charge in [-0.15, -0.1) is 0 Å². The molecule has 0 bridgehead atoms. The molecule has 0 saturated carbocycles. The van der Waals surface area contributed by atoms with Crippen LogP contribution in [0, 0.1) is 5.92 Å². The zero-order valence-corrected chi connectivity index (χ0v) is 12.6. The highest BCUT2D eigenvalue weighted by atomic mass is 79.9. The van der Waals surface area contributed by atoms with Gasteiger partial charge in [-0.25, -0.2) is 0 Å². The van der Waals surface area contributed by atoms with Crippen LogP contribution in [0.25, 0.3) is 0 Å². The molecular formula is C14H23BrN2. The lowest BCUT2D eigenvalue weighted by atomic mass is 10.1. The van der Waals surface area contributed by atoms with E-state index in [-0.39, 0.29) is 0 Å². The molecule has 0 aliphatic rings. The molecule has 3 heteroatoms. The normalized spacial score (nSPS) is 10.9. The molecule has 0 aliphatic carbocycles. The summed E-state index contributed by atoms with van der Waals surface area (Å²) in [5.74, 6) is 0.742. The molecule has 0 fully saturated rings. The first kappa shape index (κ1) is 14.5.